The zero-order valence-corrected chi connectivity index (χ0v) is 16.8. The van der Waals surface area contributed by atoms with Gasteiger partial charge in [0.1, 0.15) is 17.1 Å². The van der Waals surface area contributed by atoms with Gasteiger partial charge in [0.05, 0.1) is 12.6 Å². The third-order valence-corrected chi connectivity index (χ3v) is 6.07. The molecular formula is C20H33N3O3. The lowest BCUT2D eigenvalue weighted by molar-refractivity contribution is -0.188. The SMILES string of the molecule is CN=C(NCC(C)(O)c1cc(C)oc1C)NC1C2CCCOC2C1(C)C. The number of furan rings is 1. The van der Waals surface area contributed by atoms with Crippen molar-refractivity contribution in [2.24, 2.45) is 16.3 Å². The Morgan fingerprint density at radius 3 is 2.77 bits per heavy atom. The lowest BCUT2D eigenvalue weighted by Crippen LogP contribution is -2.71. The molecular weight excluding hydrogens is 330 g/mol. The molecule has 0 radical (unpaired) electrons. The molecule has 1 saturated heterocycles. The van der Waals surface area contributed by atoms with E-state index >= 15 is 0 Å². The lowest BCUT2D eigenvalue weighted by atomic mass is 9.55. The number of aryl methyl sites for hydroxylation is 2. The molecule has 0 amide bonds. The molecule has 6 heteroatoms. The molecule has 4 unspecified atom stereocenters. The van der Waals surface area contributed by atoms with Gasteiger partial charge in [0.15, 0.2) is 5.96 Å². The highest BCUT2D eigenvalue weighted by molar-refractivity contribution is 5.80. The van der Waals surface area contributed by atoms with E-state index in [0.29, 0.717) is 30.6 Å². The third-order valence-electron chi connectivity index (χ3n) is 6.07. The number of hydrogen-bond acceptors (Lipinski definition) is 4. The second kappa shape index (κ2) is 6.89. The fourth-order valence-electron chi connectivity index (χ4n) is 4.67. The van der Waals surface area contributed by atoms with Crippen LogP contribution in [0.25, 0.3) is 0 Å². The Kier molecular flexibility index (Phi) is 5.10. The topological polar surface area (TPSA) is 79.0 Å². The summed E-state index contributed by atoms with van der Waals surface area (Å²) in [6, 6.07) is 2.22. The van der Waals surface area contributed by atoms with E-state index in [1.807, 2.05) is 19.9 Å². The van der Waals surface area contributed by atoms with Gasteiger partial charge in [-0.05, 0) is 39.7 Å². The number of aliphatic hydroxyl groups is 1. The standard InChI is InChI=1S/C20H33N3O3/c1-12-10-15(13(2)26-12)20(5,24)11-22-18(21-6)23-16-14-8-7-9-25-17(14)19(16,3)4/h10,14,16-17,24H,7-9,11H2,1-6H3,(H2,21,22,23). The van der Waals surface area contributed by atoms with E-state index in [1.54, 1.807) is 14.0 Å². The largest absolute Gasteiger partial charge is 0.466 e. The highest BCUT2D eigenvalue weighted by Crippen LogP contribution is 2.51. The molecule has 1 aromatic rings. The number of fused-ring (bicyclic) bond motifs is 1. The summed E-state index contributed by atoms with van der Waals surface area (Å²) in [5.74, 6) is 2.79. The highest BCUT2D eigenvalue weighted by atomic mass is 16.5. The maximum Gasteiger partial charge on any atom is 0.191 e. The van der Waals surface area contributed by atoms with Crippen molar-refractivity contribution in [3.8, 4) is 0 Å². The minimum absolute atomic E-state index is 0.0729. The molecule has 26 heavy (non-hydrogen) atoms. The maximum atomic E-state index is 10.9. The van der Waals surface area contributed by atoms with Crippen LogP contribution in [0.3, 0.4) is 0 Å². The summed E-state index contributed by atoms with van der Waals surface area (Å²) in [6.45, 7) is 11.3. The number of guanidine groups is 1. The normalized spacial score (nSPS) is 30.1. The molecule has 1 aromatic heterocycles. The van der Waals surface area contributed by atoms with Gasteiger partial charge in [-0.25, -0.2) is 0 Å². The van der Waals surface area contributed by atoms with Crippen molar-refractivity contribution in [3.05, 3.63) is 23.2 Å². The Morgan fingerprint density at radius 2 is 2.15 bits per heavy atom. The van der Waals surface area contributed by atoms with Crippen LogP contribution in [0.4, 0.5) is 0 Å². The van der Waals surface area contributed by atoms with Gasteiger partial charge in [-0.1, -0.05) is 13.8 Å². The summed E-state index contributed by atoms with van der Waals surface area (Å²) in [5.41, 5.74) is -0.156. The van der Waals surface area contributed by atoms with Crippen LogP contribution in [-0.4, -0.2) is 43.4 Å². The fourth-order valence-corrected chi connectivity index (χ4v) is 4.67. The molecule has 1 aliphatic carbocycles. The smallest absolute Gasteiger partial charge is 0.191 e. The Balaban J connectivity index is 1.63. The summed E-state index contributed by atoms with van der Waals surface area (Å²) in [4.78, 5) is 4.36. The Labute approximate surface area is 156 Å². The van der Waals surface area contributed by atoms with Crippen molar-refractivity contribution in [2.45, 2.75) is 65.2 Å². The number of aliphatic imine (C=N–C) groups is 1. The number of nitrogens with one attached hydrogen (secondary N) is 2. The molecule has 2 aliphatic rings. The molecule has 3 N–H and O–H groups in total. The summed E-state index contributed by atoms with van der Waals surface area (Å²) >= 11 is 0. The monoisotopic (exact) mass is 363 g/mol. The van der Waals surface area contributed by atoms with Crippen molar-refractivity contribution in [1.82, 2.24) is 10.6 Å². The van der Waals surface area contributed by atoms with Crippen LogP contribution in [0.2, 0.25) is 0 Å². The Bertz CT molecular complexity index is 678. The predicted octanol–water partition coefficient (Wildman–Crippen LogP) is 2.47. The fraction of sp³-hybridized carbons (Fsp3) is 0.750. The average molecular weight is 364 g/mol. The molecule has 0 bridgehead atoms. The van der Waals surface area contributed by atoms with E-state index in [0.717, 1.165) is 30.1 Å². The second-order valence-corrected chi connectivity index (χ2v) is 8.57. The van der Waals surface area contributed by atoms with Crippen LogP contribution in [-0.2, 0) is 10.3 Å². The summed E-state index contributed by atoms with van der Waals surface area (Å²) < 4.78 is 11.5. The first-order valence-corrected chi connectivity index (χ1v) is 9.55. The van der Waals surface area contributed by atoms with Gasteiger partial charge in [0, 0.05) is 36.6 Å². The van der Waals surface area contributed by atoms with Gasteiger partial charge in [-0.3, -0.25) is 4.99 Å². The zero-order chi connectivity index (χ0) is 19.1. The van der Waals surface area contributed by atoms with Crippen molar-refractivity contribution < 1.29 is 14.3 Å². The van der Waals surface area contributed by atoms with Gasteiger partial charge >= 0.3 is 0 Å². The average Bonchev–Trinajstić information content (AvgIpc) is 2.94. The van der Waals surface area contributed by atoms with Gasteiger partial charge in [0.2, 0.25) is 0 Å². The molecule has 146 valence electrons. The maximum absolute atomic E-state index is 10.9. The van der Waals surface area contributed by atoms with Gasteiger partial charge in [-0.2, -0.15) is 0 Å². The van der Waals surface area contributed by atoms with Crippen LogP contribution in [0.5, 0.6) is 0 Å². The van der Waals surface area contributed by atoms with Crippen LogP contribution >= 0.6 is 0 Å². The van der Waals surface area contributed by atoms with E-state index in [9.17, 15) is 5.11 Å². The number of rotatable bonds is 4. The van der Waals surface area contributed by atoms with E-state index in [2.05, 4.69) is 29.5 Å². The molecule has 2 heterocycles. The first kappa shape index (κ1) is 19.2. The summed E-state index contributed by atoms with van der Waals surface area (Å²) in [6.07, 6.45) is 2.63. The quantitative estimate of drug-likeness (QED) is 0.566. The first-order valence-electron chi connectivity index (χ1n) is 9.55. The van der Waals surface area contributed by atoms with Gasteiger partial charge < -0.3 is 24.9 Å². The van der Waals surface area contributed by atoms with Crippen molar-refractivity contribution in [3.63, 3.8) is 0 Å². The van der Waals surface area contributed by atoms with E-state index < -0.39 is 5.60 Å². The number of nitrogens with zero attached hydrogens (tertiary/aromatic N) is 1. The highest BCUT2D eigenvalue weighted by Gasteiger charge is 2.58. The molecule has 3 rings (SSSR count). The van der Waals surface area contributed by atoms with Gasteiger partial charge in [-0.15, -0.1) is 0 Å². The number of hydrogen-bond donors (Lipinski definition) is 3. The van der Waals surface area contributed by atoms with Crippen molar-refractivity contribution >= 4 is 5.96 Å². The van der Waals surface area contributed by atoms with Crippen molar-refractivity contribution in [1.29, 1.82) is 0 Å². The third kappa shape index (κ3) is 3.37. The van der Waals surface area contributed by atoms with Crippen LogP contribution in [0.1, 0.15) is 50.7 Å². The van der Waals surface area contributed by atoms with E-state index in [1.165, 1.54) is 6.42 Å². The second-order valence-electron chi connectivity index (χ2n) is 8.57. The first-order chi connectivity index (χ1) is 12.2. The molecule has 2 fully saturated rings. The molecule has 6 nitrogen and oxygen atoms in total. The Morgan fingerprint density at radius 1 is 1.42 bits per heavy atom. The lowest BCUT2D eigenvalue weighted by Gasteiger charge is -2.60. The van der Waals surface area contributed by atoms with E-state index in [4.69, 9.17) is 9.15 Å². The Hall–Kier alpha value is -1.53. The van der Waals surface area contributed by atoms with E-state index in [-0.39, 0.29) is 5.41 Å². The minimum atomic E-state index is -1.04. The molecule has 1 saturated carbocycles. The number of ether oxygens (including phenoxy) is 1. The van der Waals surface area contributed by atoms with Gasteiger partial charge in [0.25, 0.3) is 0 Å². The van der Waals surface area contributed by atoms with Crippen LogP contribution < -0.4 is 10.6 Å². The molecule has 4 atom stereocenters. The molecule has 1 aliphatic heterocycles. The summed E-state index contributed by atoms with van der Waals surface area (Å²) in [7, 11) is 1.76. The minimum Gasteiger partial charge on any atom is -0.466 e. The van der Waals surface area contributed by atoms with Crippen LogP contribution in [0, 0.1) is 25.2 Å². The molecule has 0 spiro atoms. The zero-order valence-electron chi connectivity index (χ0n) is 16.8. The van der Waals surface area contributed by atoms with Crippen LogP contribution in [0.15, 0.2) is 15.5 Å². The molecule has 0 aromatic carbocycles. The van der Waals surface area contributed by atoms with Crippen molar-refractivity contribution in [2.75, 3.05) is 20.2 Å². The predicted molar refractivity (Wildman–Crippen MR) is 102 cm³/mol. The summed E-state index contributed by atoms with van der Waals surface area (Å²) in [5, 5.41) is 17.7.